The van der Waals surface area contributed by atoms with Gasteiger partial charge in [-0.3, -0.25) is 4.79 Å². The van der Waals surface area contributed by atoms with E-state index in [4.69, 9.17) is 0 Å². The Labute approximate surface area is 46.4 Å². The van der Waals surface area contributed by atoms with E-state index in [1.165, 1.54) is 12.4 Å². The predicted octanol–water partition coefficient (Wildman–Crippen LogP) is -0.0656. The van der Waals surface area contributed by atoms with E-state index in [1.807, 2.05) is 0 Å². The Hall–Kier alpha value is -1.25. The monoisotopic (exact) mass is 107 g/mol. The molecule has 0 saturated heterocycles. The highest BCUT2D eigenvalue weighted by Gasteiger charge is 1.85. The van der Waals surface area contributed by atoms with Crippen molar-refractivity contribution in [3.63, 3.8) is 0 Å². The molecular formula is C5H3N2O. The summed E-state index contributed by atoms with van der Waals surface area (Å²) in [6.07, 6.45) is 4.54. The molecule has 1 aromatic rings. The molecule has 39 valence electrons. The minimum atomic E-state index is 0.104. The fourth-order valence-corrected chi connectivity index (χ4v) is 0.352. The molecule has 0 spiro atoms. The van der Waals surface area contributed by atoms with Crippen molar-refractivity contribution in [2.75, 3.05) is 0 Å². The van der Waals surface area contributed by atoms with E-state index < -0.39 is 0 Å². The third kappa shape index (κ3) is 0.872. The molecule has 0 amide bonds. The standard InChI is InChI=1S/C5H3N2O/c8-4-5-6-2-1-3-7-5/h1-3H. The molecule has 0 fully saturated rings. The first-order valence-electron chi connectivity index (χ1n) is 2.08. The summed E-state index contributed by atoms with van der Waals surface area (Å²) in [7, 11) is 0. The molecule has 3 heteroatoms. The molecule has 0 bridgehead atoms. The maximum atomic E-state index is 9.76. The summed E-state index contributed by atoms with van der Waals surface area (Å²) in [5, 5.41) is 0. The number of hydrogen-bond acceptors (Lipinski definition) is 3. The van der Waals surface area contributed by atoms with Crippen molar-refractivity contribution in [1.82, 2.24) is 9.97 Å². The molecule has 0 aliphatic rings. The van der Waals surface area contributed by atoms with Crippen LogP contribution < -0.4 is 0 Å². The van der Waals surface area contributed by atoms with Crippen LogP contribution in [-0.2, 0) is 4.79 Å². The third-order valence-corrected chi connectivity index (χ3v) is 0.657. The van der Waals surface area contributed by atoms with Crippen LogP contribution in [0.2, 0.25) is 0 Å². The van der Waals surface area contributed by atoms with Gasteiger partial charge in [-0.15, -0.1) is 0 Å². The summed E-state index contributed by atoms with van der Waals surface area (Å²) in [4.78, 5) is 16.9. The van der Waals surface area contributed by atoms with Crippen LogP contribution in [0.4, 0.5) is 0 Å². The van der Waals surface area contributed by atoms with Crippen molar-refractivity contribution >= 4 is 6.29 Å². The molecule has 0 saturated carbocycles. The second kappa shape index (κ2) is 2.16. The van der Waals surface area contributed by atoms with Crippen molar-refractivity contribution in [3.05, 3.63) is 24.3 Å². The molecule has 0 N–H and O–H groups in total. The molecule has 8 heavy (non-hydrogen) atoms. The second-order valence-corrected chi connectivity index (χ2v) is 1.17. The van der Waals surface area contributed by atoms with Crippen LogP contribution in [0.25, 0.3) is 0 Å². The first-order valence-corrected chi connectivity index (χ1v) is 2.08. The number of rotatable bonds is 1. The number of carbonyl (C=O) groups excluding carboxylic acids is 1. The zero-order chi connectivity index (χ0) is 5.82. The Morgan fingerprint density at radius 1 is 1.38 bits per heavy atom. The van der Waals surface area contributed by atoms with Crippen LogP contribution in [-0.4, -0.2) is 16.3 Å². The summed E-state index contributed by atoms with van der Waals surface area (Å²) >= 11 is 0. The highest BCUT2D eigenvalue weighted by Crippen LogP contribution is 1.77. The lowest BCUT2D eigenvalue weighted by atomic mass is 10.6. The SMILES string of the molecule is O=[C]c1ncccn1. The van der Waals surface area contributed by atoms with E-state index in [-0.39, 0.29) is 5.82 Å². The largest absolute Gasteiger partial charge is 0.281 e. The topological polar surface area (TPSA) is 42.9 Å². The van der Waals surface area contributed by atoms with Crippen molar-refractivity contribution in [1.29, 1.82) is 0 Å². The molecule has 0 aliphatic carbocycles. The van der Waals surface area contributed by atoms with E-state index in [0.29, 0.717) is 0 Å². The van der Waals surface area contributed by atoms with Crippen molar-refractivity contribution < 1.29 is 4.79 Å². The molecule has 1 heterocycles. The Morgan fingerprint density at radius 2 is 2.00 bits per heavy atom. The minimum absolute atomic E-state index is 0.104. The summed E-state index contributed by atoms with van der Waals surface area (Å²) in [5.41, 5.74) is 0. The van der Waals surface area contributed by atoms with Gasteiger partial charge in [-0.25, -0.2) is 9.97 Å². The number of hydrogen-bond donors (Lipinski definition) is 0. The van der Waals surface area contributed by atoms with Gasteiger partial charge in [-0.2, -0.15) is 0 Å². The molecular weight excluding hydrogens is 104 g/mol. The summed E-state index contributed by atoms with van der Waals surface area (Å²) < 4.78 is 0. The van der Waals surface area contributed by atoms with Gasteiger partial charge in [0.05, 0.1) is 0 Å². The second-order valence-electron chi connectivity index (χ2n) is 1.17. The summed E-state index contributed by atoms with van der Waals surface area (Å²) in [5.74, 6) is 0.104. The molecule has 1 radical (unpaired) electrons. The van der Waals surface area contributed by atoms with Gasteiger partial charge in [0.15, 0.2) is 0 Å². The molecule has 0 atom stereocenters. The quantitative estimate of drug-likeness (QED) is 0.504. The van der Waals surface area contributed by atoms with Crippen molar-refractivity contribution in [3.8, 4) is 0 Å². The van der Waals surface area contributed by atoms with Crippen LogP contribution in [0.15, 0.2) is 18.5 Å². The van der Waals surface area contributed by atoms with Gasteiger partial charge < -0.3 is 0 Å². The maximum Gasteiger partial charge on any atom is 0.274 e. The average molecular weight is 107 g/mol. The Balaban J connectivity index is 2.99. The lowest BCUT2D eigenvalue weighted by molar-refractivity contribution is 0.560. The maximum absolute atomic E-state index is 9.76. The van der Waals surface area contributed by atoms with E-state index in [2.05, 4.69) is 9.97 Å². The van der Waals surface area contributed by atoms with Crippen LogP contribution in [0, 0.1) is 0 Å². The highest BCUT2D eigenvalue weighted by atomic mass is 16.1. The molecule has 0 unspecified atom stereocenters. The van der Waals surface area contributed by atoms with Gasteiger partial charge in [0, 0.05) is 12.4 Å². The van der Waals surface area contributed by atoms with Gasteiger partial charge >= 0.3 is 0 Å². The van der Waals surface area contributed by atoms with Gasteiger partial charge in [-0.05, 0) is 6.07 Å². The third-order valence-electron chi connectivity index (χ3n) is 0.657. The van der Waals surface area contributed by atoms with E-state index in [1.54, 1.807) is 12.4 Å². The van der Waals surface area contributed by atoms with Crippen LogP contribution in [0.1, 0.15) is 5.82 Å². The zero-order valence-electron chi connectivity index (χ0n) is 4.03. The smallest absolute Gasteiger partial charge is 0.274 e. The van der Waals surface area contributed by atoms with Gasteiger partial charge in [0.25, 0.3) is 6.29 Å². The fraction of sp³-hybridized carbons (Fsp3) is 0. The Bertz CT molecular complexity index is 173. The lowest BCUT2D eigenvalue weighted by Crippen LogP contribution is -1.87. The Kier molecular flexibility index (Phi) is 1.32. The summed E-state index contributed by atoms with van der Waals surface area (Å²) in [6, 6.07) is 1.64. The van der Waals surface area contributed by atoms with Crippen LogP contribution >= 0.6 is 0 Å². The van der Waals surface area contributed by atoms with Crippen molar-refractivity contribution in [2.45, 2.75) is 0 Å². The van der Waals surface area contributed by atoms with E-state index in [0.717, 1.165) is 0 Å². The zero-order valence-corrected chi connectivity index (χ0v) is 4.03. The van der Waals surface area contributed by atoms with Crippen LogP contribution in [0.5, 0.6) is 0 Å². The number of nitrogens with zero attached hydrogens (tertiary/aromatic N) is 2. The number of aromatic nitrogens is 2. The fourth-order valence-electron chi connectivity index (χ4n) is 0.352. The predicted molar refractivity (Wildman–Crippen MR) is 26.8 cm³/mol. The molecule has 3 nitrogen and oxygen atoms in total. The van der Waals surface area contributed by atoms with Gasteiger partial charge in [0.2, 0.25) is 5.82 Å². The van der Waals surface area contributed by atoms with Gasteiger partial charge in [0.1, 0.15) is 0 Å². The molecule has 1 aromatic heterocycles. The normalized spacial score (nSPS) is 8.50. The first kappa shape index (κ1) is 4.90. The highest BCUT2D eigenvalue weighted by molar-refractivity contribution is 5.68. The Morgan fingerprint density at radius 3 is 2.38 bits per heavy atom. The molecule has 0 aliphatic heterocycles. The minimum Gasteiger partial charge on any atom is -0.281 e. The van der Waals surface area contributed by atoms with E-state index in [9.17, 15) is 4.79 Å². The summed E-state index contributed by atoms with van der Waals surface area (Å²) in [6.45, 7) is 0. The molecule has 0 aromatic carbocycles. The molecule has 1 rings (SSSR count). The van der Waals surface area contributed by atoms with Gasteiger partial charge in [-0.1, -0.05) is 0 Å². The van der Waals surface area contributed by atoms with Crippen molar-refractivity contribution in [2.24, 2.45) is 0 Å². The first-order chi connectivity index (χ1) is 3.93. The average Bonchev–Trinajstić information content (AvgIpc) is 1.90. The van der Waals surface area contributed by atoms with Crippen LogP contribution in [0.3, 0.4) is 0 Å². The lowest BCUT2D eigenvalue weighted by Gasteiger charge is -1.79. The van der Waals surface area contributed by atoms with E-state index >= 15 is 0 Å².